The molecule has 0 amide bonds. The van der Waals surface area contributed by atoms with Crippen LogP contribution in [0.5, 0.6) is 0 Å². The Morgan fingerprint density at radius 2 is 1.90 bits per heavy atom. The van der Waals surface area contributed by atoms with E-state index >= 15 is 0 Å². The molecule has 1 aromatic carbocycles. The standard InChI is InChI=1S/C25H30N4O2/c1-2-31-23(30)25(14-12-21-9-4-3-5-10-21)13-7-17-28(20-25)19-22-11-6-18-29(22)24-26-15-8-16-27-24/h3-6,8-11,15-16,18H,2,7,12-14,17,19-20H2,1H3. The quantitative estimate of drug-likeness (QED) is 0.517. The molecule has 0 saturated carbocycles. The van der Waals surface area contributed by atoms with Crippen molar-refractivity contribution in [3.63, 3.8) is 0 Å². The van der Waals surface area contributed by atoms with Crippen molar-refractivity contribution in [1.82, 2.24) is 19.4 Å². The number of esters is 1. The van der Waals surface area contributed by atoms with Crippen molar-refractivity contribution in [2.24, 2.45) is 5.41 Å². The van der Waals surface area contributed by atoms with Crippen LogP contribution in [0.15, 0.2) is 67.1 Å². The fraction of sp³-hybridized carbons (Fsp3) is 0.400. The van der Waals surface area contributed by atoms with Gasteiger partial charge in [0.25, 0.3) is 0 Å². The zero-order valence-electron chi connectivity index (χ0n) is 18.1. The molecule has 31 heavy (non-hydrogen) atoms. The summed E-state index contributed by atoms with van der Waals surface area (Å²) < 4.78 is 7.58. The van der Waals surface area contributed by atoms with Gasteiger partial charge in [0.2, 0.25) is 5.95 Å². The number of carbonyl (C=O) groups excluding carboxylic acids is 1. The Labute approximate surface area is 183 Å². The zero-order valence-corrected chi connectivity index (χ0v) is 18.1. The number of carbonyl (C=O) groups is 1. The molecule has 1 unspecified atom stereocenters. The first kappa shape index (κ1) is 21.2. The van der Waals surface area contributed by atoms with Crippen molar-refractivity contribution in [2.45, 2.75) is 39.2 Å². The Hall–Kier alpha value is -2.99. The third-order valence-corrected chi connectivity index (χ3v) is 6.09. The highest BCUT2D eigenvalue weighted by Gasteiger charge is 2.43. The summed E-state index contributed by atoms with van der Waals surface area (Å²) in [6.07, 6.45) is 9.03. The van der Waals surface area contributed by atoms with Crippen LogP contribution >= 0.6 is 0 Å². The molecule has 1 saturated heterocycles. The first-order chi connectivity index (χ1) is 15.2. The molecule has 3 heterocycles. The highest BCUT2D eigenvalue weighted by molar-refractivity contribution is 5.77. The van der Waals surface area contributed by atoms with Gasteiger partial charge in [-0.2, -0.15) is 0 Å². The van der Waals surface area contributed by atoms with E-state index in [4.69, 9.17) is 4.74 Å². The molecule has 0 aliphatic carbocycles. The molecular formula is C25H30N4O2. The van der Waals surface area contributed by atoms with Crippen LogP contribution in [0.3, 0.4) is 0 Å². The van der Waals surface area contributed by atoms with Gasteiger partial charge in [-0.1, -0.05) is 30.3 Å². The number of rotatable bonds is 8. The van der Waals surface area contributed by atoms with Gasteiger partial charge in [-0.25, -0.2) is 9.97 Å². The van der Waals surface area contributed by atoms with Gasteiger partial charge >= 0.3 is 5.97 Å². The lowest BCUT2D eigenvalue weighted by atomic mass is 9.75. The van der Waals surface area contributed by atoms with Crippen molar-refractivity contribution in [1.29, 1.82) is 0 Å². The Morgan fingerprint density at radius 1 is 1.10 bits per heavy atom. The van der Waals surface area contributed by atoms with E-state index in [1.165, 1.54) is 5.56 Å². The van der Waals surface area contributed by atoms with E-state index in [1.807, 2.05) is 35.9 Å². The number of ether oxygens (including phenoxy) is 1. The minimum absolute atomic E-state index is 0.0580. The van der Waals surface area contributed by atoms with E-state index in [2.05, 4.69) is 45.2 Å². The SMILES string of the molecule is CCOC(=O)C1(CCc2ccccc2)CCCN(Cc2cccn2-c2ncccn2)C1. The summed E-state index contributed by atoms with van der Waals surface area (Å²) in [5.41, 5.74) is 1.91. The summed E-state index contributed by atoms with van der Waals surface area (Å²) in [6, 6.07) is 16.3. The van der Waals surface area contributed by atoms with Gasteiger partial charge in [-0.15, -0.1) is 0 Å². The molecule has 1 fully saturated rings. The number of piperidine rings is 1. The van der Waals surface area contributed by atoms with Crippen LogP contribution < -0.4 is 0 Å². The highest BCUT2D eigenvalue weighted by Crippen LogP contribution is 2.37. The molecule has 1 aliphatic heterocycles. The molecule has 1 aliphatic rings. The van der Waals surface area contributed by atoms with Crippen molar-refractivity contribution in [2.75, 3.05) is 19.7 Å². The summed E-state index contributed by atoms with van der Waals surface area (Å²) in [5, 5.41) is 0. The average Bonchev–Trinajstić information content (AvgIpc) is 3.27. The van der Waals surface area contributed by atoms with Gasteiger partial charge in [0.05, 0.1) is 12.0 Å². The molecule has 0 radical (unpaired) electrons. The van der Waals surface area contributed by atoms with Crippen LogP contribution in [0.4, 0.5) is 0 Å². The summed E-state index contributed by atoms with van der Waals surface area (Å²) in [4.78, 5) is 24.2. The number of nitrogens with zero attached hydrogens (tertiary/aromatic N) is 4. The summed E-state index contributed by atoms with van der Waals surface area (Å²) in [6.45, 7) is 4.72. The molecule has 6 heteroatoms. The normalized spacial score (nSPS) is 19.3. The van der Waals surface area contributed by atoms with Crippen LogP contribution in [0.2, 0.25) is 0 Å². The van der Waals surface area contributed by atoms with Crippen LogP contribution in [0, 0.1) is 5.41 Å². The molecule has 3 aromatic rings. The second kappa shape index (κ2) is 9.88. The first-order valence-electron chi connectivity index (χ1n) is 11.1. The third kappa shape index (κ3) is 5.02. The van der Waals surface area contributed by atoms with E-state index in [0.717, 1.165) is 44.5 Å². The molecular weight excluding hydrogens is 388 g/mol. The van der Waals surface area contributed by atoms with Crippen molar-refractivity contribution < 1.29 is 9.53 Å². The molecule has 1 atom stereocenters. The van der Waals surface area contributed by atoms with E-state index in [0.29, 0.717) is 19.1 Å². The van der Waals surface area contributed by atoms with Crippen LogP contribution in [0.1, 0.15) is 37.4 Å². The van der Waals surface area contributed by atoms with Crippen LogP contribution in [-0.4, -0.2) is 45.1 Å². The number of hydrogen-bond acceptors (Lipinski definition) is 5. The molecule has 0 N–H and O–H groups in total. The van der Waals surface area contributed by atoms with Crippen molar-refractivity contribution in [3.05, 3.63) is 78.4 Å². The lowest BCUT2D eigenvalue weighted by molar-refractivity contribution is -0.160. The van der Waals surface area contributed by atoms with E-state index in [-0.39, 0.29) is 5.97 Å². The third-order valence-electron chi connectivity index (χ3n) is 6.09. The Balaban J connectivity index is 1.51. The Bertz CT molecular complexity index is 973. The monoisotopic (exact) mass is 418 g/mol. The number of benzene rings is 1. The van der Waals surface area contributed by atoms with Gasteiger partial charge in [0.15, 0.2) is 0 Å². The molecule has 4 rings (SSSR count). The highest BCUT2D eigenvalue weighted by atomic mass is 16.5. The van der Waals surface area contributed by atoms with Gasteiger partial charge in [-0.05, 0) is 62.9 Å². The molecule has 6 nitrogen and oxygen atoms in total. The summed E-state index contributed by atoms with van der Waals surface area (Å²) >= 11 is 0. The molecule has 2 aromatic heterocycles. The first-order valence-corrected chi connectivity index (χ1v) is 11.1. The predicted molar refractivity (Wildman–Crippen MR) is 120 cm³/mol. The Morgan fingerprint density at radius 3 is 2.68 bits per heavy atom. The van der Waals surface area contributed by atoms with Gasteiger partial charge < -0.3 is 4.74 Å². The van der Waals surface area contributed by atoms with Crippen LogP contribution in [-0.2, 0) is 22.5 Å². The van der Waals surface area contributed by atoms with Gasteiger partial charge in [0, 0.05) is 37.4 Å². The number of hydrogen-bond donors (Lipinski definition) is 0. The minimum atomic E-state index is -0.467. The maximum absolute atomic E-state index is 13.1. The predicted octanol–water partition coefficient (Wildman–Crippen LogP) is 4.05. The van der Waals surface area contributed by atoms with E-state index in [9.17, 15) is 4.79 Å². The van der Waals surface area contributed by atoms with E-state index in [1.54, 1.807) is 12.4 Å². The number of aromatic nitrogens is 3. The zero-order chi connectivity index (χ0) is 21.5. The maximum Gasteiger partial charge on any atom is 0.313 e. The fourth-order valence-electron chi connectivity index (χ4n) is 4.53. The smallest absolute Gasteiger partial charge is 0.313 e. The summed E-state index contributed by atoms with van der Waals surface area (Å²) in [5.74, 6) is 0.609. The molecule has 162 valence electrons. The average molecular weight is 419 g/mol. The van der Waals surface area contributed by atoms with Crippen molar-refractivity contribution >= 4 is 5.97 Å². The van der Waals surface area contributed by atoms with Crippen LogP contribution in [0.25, 0.3) is 5.95 Å². The lowest BCUT2D eigenvalue weighted by Crippen LogP contribution is -2.48. The lowest BCUT2D eigenvalue weighted by Gasteiger charge is -2.41. The van der Waals surface area contributed by atoms with E-state index < -0.39 is 5.41 Å². The maximum atomic E-state index is 13.1. The number of likely N-dealkylation sites (tertiary alicyclic amines) is 1. The fourth-order valence-corrected chi connectivity index (χ4v) is 4.53. The van der Waals surface area contributed by atoms with Gasteiger partial charge in [-0.3, -0.25) is 14.3 Å². The molecule has 0 spiro atoms. The molecule has 0 bridgehead atoms. The second-order valence-electron chi connectivity index (χ2n) is 8.22. The summed E-state index contributed by atoms with van der Waals surface area (Å²) in [7, 11) is 0. The number of aryl methyl sites for hydroxylation is 1. The topological polar surface area (TPSA) is 60.2 Å². The largest absolute Gasteiger partial charge is 0.466 e. The minimum Gasteiger partial charge on any atom is -0.466 e. The Kier molecular flexibility index (Phi) is 6.77. The van der Waals surface area contributed by atoms with Gasteiger partial charge in [0.1, 0.15) is 0 Å². The second-order valence-corrected chi connectivity index (χ2v) is 8.22. The van der Waals surface area contributed by atoms with Crippen molar-refractivity contribution in [3.8, 4) is 5.95 Å².